The molecule has 116 valence electrons. The van der Waals surface area contributed by atoms with Crippen LogP contribution in [-0.2, 0) is 17.7 Å². The van der Waals surface area contributed by atoms with Gasteiger partial charge >= 0.3 is 0 Å². The fourth-order valence-electron chi connectivity index (χ4n) is 3.41. The molecule has 1 aromatic rings. The highest BCUT2D eigenvalue weighted by Crippen LogP contribution is 2.30. The number of anilines is 1. The summed E-state index contributed by atoms with van der Waals surface area (Å²) in [7, 11) is 0. The van der Waals surface area contributed by atoms with Crippen molar-refractivity contribution in [1.82, 2.24) is 10.3 Å². The molecule has 4 nitrogen and oxygen atoms in total. The van der Waals surface area contributed by atoms with Gasteiger partial charge < -0.3 is 15.0 Å². The van der Waals surface area contributed by atoms with Gasteiger partial charge in [0.1, 0.15) is 5.82 Å². The lowest BCUT2D eigenvalue weighted by Crippen LogP contribution is -2.46. The van der Waals surface area contributed by atoms with Gasteiger partial charge in [0.15, 0.2) is 0 Å². The zero-order valence-corrected chi connectivity index (χ0v) is 13.6. The summed E-state index contributed by atoms with van der Waals surface area (Å²) in [6, 6.07) is 2.29. The minimum atomic E-state index is 0.274. The number of ether oxygens (including phenoxy) is 1. The highest BCUT2D eigenvalue weighted by atomic mass is 16.5. The van der Waals surface area contributed by atoms with E-state index < -0.39 is 0 Å². The van der Waals surface area contributed by atoms with Gasteiger partial charge in [0.25, 0.3) is 0 Å². The Labute approximate surface area is 127 Å². The summed E-state index contributed by atoms with van der Waals surface area (Å²) < 4.78 is 5.88. The second-order valence-electron chi connectivity index (χ2n) is 6.75. The van der Waals surface area contributed by atoms with Gasteiger partial charge in [-0.25, -0.2) is 4.98 Å². The number of pyridine rings is 1. The molecule has 0 bridgehead atoms. The van der Waals surface area contributed by atoms with Crippen molar-refractivity contribution >= 4 is 5.82 Å². The third-order valence-electron chi connectivity index (χ3n) is 4.39. The van der Waals surface area contributed by atoms with E-state index in [1.807, 2.05) is 0 Å². The van der Waals surface area contributed by atoms with E-state index in [2.05, 4.69) is 44.0 Å². The number of aromatic nitrogens is 1. The van der Waals surface area contributed by atoms with Gasteiger partial charge in [-0.3, -0.25) is 0 Å². The van der Waals surface area contributed by atoms with Crippen LogP contribution in [0.1, 0.15) is 50.4 Å². The Bertz CT molecular complexity index is 505. The number of hydrogen-bond acceptors (Lipinski definition) is 4. The van der Waals surface area contributed by atoms with Gasteiger partial charge in [-0.15, -0.1) is 0 Å². The first-order valence-electron chi connectivity index (χ1n) is 8.18. The van der Waals surface area contributed by atoms with Crippen molar-refractivity contribution in [2.24, 2.45) is 0 Å². The molecule has 2 aliphatic rings. The quantitative estimate of drug-likeness (QED) is 0.907. The van der Waals surface area contributed by atoms with Crippen LogP contribution in [0.3, 0.4) is 0 Å². The second kappa shape index (κ2) is 5.93. The molecule has 2 unspecified atom stereocenters. The standard InChI is InChI=1S/C17H27N3O/c1-11(2)16-7-14-8-18-6-5-15(14)17(19-16)20-9-12(3)21-13(4)10-20/h7,11-13,18H,5-6,8-10H2,1-4H3. The van der Waals surface area contributed by atoms with Crippen LogP contribution in [0.4, 0.5) is 5.82 Å². The van der Waals surface area contributed by atoms with Crippen LogP contribution in [0.25, 0.3) is 0 Å². The van der Waals surface area contributed by atoms with E-state index in [0.717, 1.165) is 32.6 Å². The summed E-state index contributed by atoms with van der Waals surface area (Å²) in [6.07, 6.45) is 1.63. The van der Waals surface area contributed by atoms with E-state index >= 15 is 0 Å². The molecule has 0 spiro atoms. The highest BCUT2D eigenvalue weighted by Gasteiger charge is 2.27. The van der Waals surface area contributed by atoms with Crippen molar-refractivity contribution < 1.29 is 4.74 Å². The topological polar surface area (TPSA) is 37.4 Å². The lowest BCUT2D eigenvalue weighted by molar-refractivity contribution is -0.00553. The molecule has 3 rings (SSSR count). The van der Waals surface area contributed by atoms with Gasteiger partial charge in [-0.1, -0.05) is 13.8 Å². The van der Waals surface area contributed by atoms with Crippen molar-refractivity contribution in [3.63, 3.8) is 0 Å². The van der Waals surface area contributed by atoms with E-state index in [1.165, 1.54) is 22.6 Å². The molecule has 1 N–H and O–H groups in total. The highest BCUT2D eigenvalue weighted by molar-refractivity contribution is 5.54. The van der Waals surface area contributed by atoms with Crippen LogP contribution in [-0.4, -0.2) is 36.8 Å². The maximum atomic E-state index is 5.88. The number of nitrogens with one attached hydrogen (secondary N) is 1. The predicted molar refractivity (Wildman–Crippen MR) is 86.0 cm³/mol. The zero-order chi connectivity index (χ0) is 15.0. The summed E-state index contributed by atoms with van der Waals surface area (Å²) in [6.45, 7) is 12.7. The first-order chi connectivity index (χ1) is 10.0. The van der Waals surface area contributed by atoms with Crippen molar-refractivity contribution in [1.29, 1.82) is 0 Å². The molecule has 1 saturated heterocycles. The molecule has 0 aliphatic carbocycles. The molecule has 3 heterocycles. The lowest BCUT2D eigenvalue weighted by Gasteiger charge is -2.38. The van der Waals surface area contributed by atoms with Crippen molar-refractivity contribution in [2.45, 2.75) is 58.8 Å². The average Bonchev–Trinajstić information content (AvgIpc) is 2.45. The average molecular weight is 289 g/mol. The molecule has 4 heteroatoms. The molecular formula is C17H27N3O. The lowest BCUT2D eigenvalue weighted by atomic mass is 9.97. The van der Waals surface area contributed by atoms with Crippen LogP contribution in [0.2, 0.25) is 0 Å². The maximum absolute atomic E-state index is 5.88. The molecule has 0 radical (unpaired) electrons. The Morgan fingerprint density at radius 1 is 1.29 bits per heavy atom. The second-order valence-corrected chi connectivity index (χ2v) is 6.75. The van der Waals surface area contributed by atoms with Gasteiger partial charge in [-0.05, 0) is 44.4 Å². The molecule has 0 saturated carbocycles. The van der Waals surface area contributed by atoms with Crippen LogP contribution in [0.15, 0.2) is 6.07 Å². The normalized spacial score (nSPS) is 26.0. The van der Waals surface area contributed by atoms with Crippen molar-refractivity contribution in [3.8, 4) is 0 Å². The number of morpholine rings is 1. The maximum Gasteiger partial charge on any atom is 0.132 e. The fourth-order valence-corrected chi connectivity index (χ4v) is 3.41. The summed E-state index contributed by atoms with van der Waals surface area (Å²) in [5, 5.41) is 3.48. The van der Waals surface area contributed by atoms with Crippen LogP contribution in [0.5, 0.6) is 0 Å². The Kier molecular flexibility index (Phi) is 4.18. The molecule has 1 aromatic heterocycles. The first-order valence-corrected chi connectivity index (χ1v) is 8.18. The summed E-state index contributed by atoms with van der Waals surface area (Å²) in [4.78, 5) is 7.46. The molecule has 2 atom stereocenters. The van der Waals surface area contributed by atoms with Gasteiger partial charge in [-0.2, -0.15) is 0 Å². The molecular weight excluding hydrogens is 262 g/mol. The van der Waals surface area contributed by atoms with Crippen LogP contribution < -0.4 is 10.2 Å². The number of rotatable bonds is 2. The van der Waals surface area contributed by atoms with Gasteiger partial charge in [0.2, 0.25) is 0 Å². The SMILES string of the molecule is CC1CN(c2nc(C(C)C)cc3c2CCNC3)CC(C)O1. The van der Waals surface area contributed by atoms with E-state index in [4.69, 9.17) is 9.72 Å². The van der Waals surface area contributed by atoms with Crippen LogP contribution >= 0.6 is 0 Å². The van der Waals surface area contributed by atoms with E-state index in [9.17, 15) is 0 Å². The molecule has 0 amide bonds. The van der Waals surface area contributed by atoms with E-state index in [-0.39, 0.29) is 12.2 Å². The molecule has 21 heavy (non-hydrogen) atoms. The fraction of sp³-hybridized carbons (Fsp3) is 0.706. The van der Waals surface area contributed by atoms with Gasteiger partial charge in [0.05, 0.1) is 12.2 Å². The summed E-state index contributed by atoms with van der Waals surface area (Å²) >= 11 is 0. The summed E-state index contributed by atoms with van der Waals surface area (Å²) in [5.74, 6) is 1.67. The Morgan fingerprint density at radius 2 is 2.00 bits per heavy atom. The minimum absolute atomic E-state index is 0.274. The van der Waals surface area contributed by atoms with E-state index in [0.29, 0.717) is 5.92 Å². The largest absolute Gasteiger partial charge is 0.372 e. The Balaban J connectivity index is 2.01. The Morgan fingerprint density at radius 3 is 2.67 bits per heavy atom. The van der Waals surface area contributed by atoms with Crippen molar-refractivity contribution in [3.05, 3.63) is 22.9 Å². The smallest absolute Gasteiger partial charge is 0.132 e. The van der Waals surface area contributed by atoms with Crippen LogP contribution in [0, 0.1) is 0 Å². The number of nitrogens with zero attached hydrogens (tertiary/aromatic N) is 2. The van der Waals surface area contributed by atoms with Gasteiger partial charge in [0, 0.05) is 30.9 Å². The molecule has 1 fully saturated rings. The monoisotopic (exact) mass is 289 g/mol. The van der Waals surface area contributed by atoms with Crippen molar-refractivity contribution in [2.75, 3.05) is 24.5 Å². The van der Waals surface area contributed by atoms with E-state index in [1.54, 1.807) is 0 Å². The predicted octanol–water partition coefficient (Wildman–Crippen LogP) is 2.46. The molecule has 0 aromatic carbocycles. The third kappa shape index (κ3) is 3.06. The molecule has 2 aliphatic heterocycles. The number of hydrogen-bond donors (Lipinski definition) is 1. The summed E-state index contributed by atoms with van der Waals surface area (Å²) in [5.41, 5.74) is 4.08. The minimum Gasteiger partial charge on any atom is -0.372 e. The first kappa shape index (κ1) is 14.8. The number of fused-ring (bicyclic) bond motifs is 1. The third-order valence-corrected chi connectivity index (χ3v) is 4.39. The Hall–Kier alpha value is -1.13. The zero-order valence-electron chi connectivity index (χ0n) is 13.6.